The van der Waals surface area contributed by atoms with Gasteiger partial charge in [-0.05, 0) is 61.0 Å². The molecular formula is C21H26O2. The molecular weight excluding hydrogens is 284 g/mol. The first kappa shape index (κ1) is 17.3. The monoisotopic (exact) mass is 310 g/mol. The molecule has 0 spiro atoms. The Morgan fingerprint density at radius 1 is 1.13 bits per heavy atom. The molecule has 0 saturated heterocycles. The van der Waals surface area contributed by atoms with E-state index in [2.05, 4.69) is 19.9 Å². The third-order valence-corrected chi connectivity index (χ3v) is 4.07. The van der Waals surface area contributed by atoms with E-state index in [-0.39, 0.29) is 11.2 Å². The van der Waals surface area contributed by atoms with Crippen LogP contribution in [0.15, 0.2) is 65.8 Å². The number of allylic oxidation sites excluding steroid dienone is 5. The van der Waals surface area contributed by atoms with E-state index < -0.39 is 0 Å². The van der Waals surface area contributed by atoms with Crippen molar-refractivity contribution in [3.63, 3.8) is 0 Å². The van der Waals surface area contributed by atoms with Gasteiger partial charge in [0.1, 0.15) is 12.4 Å². The highest BCUT2D eigenvalue weighted by atomic mass is 16.5. The summed E-state index contributed by atoms with van der Waals surface area (Å²) in [5, 5.41) is 0. The maximum Gasteiger partial charge on any atom is 0.180 e. The second kappa shape index (κ2) is 7.96. The molecule has 0 aromatic heterocycles. The molecule has 0 fully saturated rings. The highest BCUT2D eigenvalue weighted by Gasteiger charge is 2.14. The number of ether oxygens (including phenoxy) is 1. The van der Waals surface area contributed by atoms with Crippen molar-refractivity contribution in [2.24, 2.45) is 5.41 Å². The van der Waals surface area contributed by atoms with Gasteiger partial charge in [-0.2, -0.15) is 0 Å². The van der Waals surface area contributed by atoms with Gasteiger partial charge in [-0.3, -0.25) is 4.79 Å². The number of carbonyl (C=O) groups is 1. The van der Waals surface area contributed by atoms with E-state index in [1.807, 2.05) is 49.4 Å². The summed E-state index contributed by atoms with van der Waals surface area (Å²) in [5.41, 5.74) is 2.08. The zero-order valence-corrected chi connectivity index (χ0v) is 14.3. The largest absolute Gasteiger partial charge is 0.489 e. The fraction of sp³-hybridized carbons (Fsp3) is 0.381. The van der Waals surface area contributed by atoms with E-state index in [1.165, 1.54) is 5.57 Å². The SMILES string of the molecule is C/C1=C/CC/C(COc2ccccc2)=C\CC(C)(C)/C=C\C1=O. The van der Waals surface area contributed by atoms with Gasteiger partial charge in [0.25, 0.3) is 0 Å². The van der Waals surface area contributed by atoms with Crippen molar-refractivity contribution in [1.82, 2.24) is 0 Å². The van der Waals surface area contributed by atoms with Crippen molar-refractivity contribution in [2.45, 2.75) is 40.0 Å². The molecule has 0 heterocycles. The van der Waals surface area contributed by atoms with E-state index in [4.69, 9.17) is 4.74 Å². The van der Waals surface area contributed by atoms with Crippen LogP contribution < -0.4 is 4.74 Å². The molecule has 0 saturated carbocycles. The first-order chi connectivity index (χ1) is 11.0. The molecule has 1 aromatic carbocycles. The van der Waals surface area contributed by atoms with Crippen molar-refractivity contribution in [3.8, 4) is 5.75 Å². The van der Waals surface area contributed by atoms with Gasteiger partial charge in [0.05, 0.1) is 0 Å². The van der Waals surface area contributed by atoms with Crippen LogP contribution in [-0.4, -0.2) is 12.4 Å². The molecule has 2 nitrogen and oxygen atoms in total. The molecule has 1 aliphatic rings. The molecule has 2 heteroatoms. The Hall–Kier alpha value is -2.09. The summed E-state index contributed by atoms with van der Waals surface area (Å²) in [5.74, 6) is 1.01. The molecule has 1 aliphatic carbocycles. The Morgan fingerprint density at radius 3 is 2.61 bits per heavy atom. The van der Waals surface area contributed by atoms with Gasteiger partial charge in [0.2, 0.25) is 0 Å². The summed E-state index contributed by atoms with van der Waals surface area (Å²) >= 11 is 0. The van der Waals surface area contributed by atoms with Crippen LogP contribution in [0.25, 0.3) is 0 Å². The molecule has 0 unspecified atom stereocenters. The minimum atomic E-state index is -0.0295. The molecule has 0 N–H and O–H groups in total. The lowest BCUT2D eigenvalue weighted by atomic mass is 9.87. The summed E-state index contributed by atoms with van der Waals surface area (Å²) in [7, 11) is 0. The maximum absolute atomic E-state index is 12.0. The Labute approximate surface area is 139 Å². The molecule has 0 bridgehead atoms. The molecule has 122 valence electrons. The van der Waals surface area contributed by atoms with Gasteiger partial charge in [0.15, 0.2) is 5.78 Å². The fourth-order valence-corrected chi connectivity index (χ4v) is 2.41. The Bertz CT molecular complexity index is 619. The Kier molecular flexibility index (Phi) is 5.97. The van der Waals surface area contributed by atoms with Crippen LogP contribution in [0.5, 0.6) is 5.75 Å². The zero-order valence-electron chi connectivity index (χ0n) is 14.3. The average molecular weight is 310 g/mol. The van der Waals surface area contributed by atoms with E-state index in [9.17, 15) is 4.79 Å². The summed E-state index contributed by atoms with van der Waals surface area (Å²) in [6.45, 7) is 6.80. The van der Waals surface area contributed by atoms with Gasteiger partial charge in [0, 0.05) is 0 Å². The molecule has 23 heavy (non-hydrogen) atoms. The molecule has 2 rings (SSSR count). The van der Waals surface area contributed by atoms with Crippen molar-refractivity contribution in [1.29, 1.82) is 0 Å². The van der Waals surface area contributed by atoms with E-state index in [0.29, 0.717) is 6.61 Å². The van der Waals surface area contributed by atoms with E-state index >= 15 is 0 Å². The lowest BCUT2D eigenvalue weighted by Gasteiger charge is -2.19. The third-order valence-electron chi connectivity index (χ3n) is 4.07. The zero-order chi connectivity index (χ0) is 16.7. The smallest absolute Gasteiger partial charge is 0.180 e. The van der Waals surface area contributed by atoms with Gasteiger partial charge < -0.3 is 4.74 Å². The first-order valence-corrected chi connectivity index (χ1v) is 8.22. The molecule has 1 aromatic rings. The topological polar surface area (TPSA) is 26.3 Å². The lowest BCUT2D eigenvalue weighted by molar-refractivity contribution is -0.111. The number of para-hydroxylation sites is 1. The molecule has 0 aliphatic heterocycles. The van der Waals surface area contributed by atoms with Gasteiger partial charge in [-0.1, -0.05) is 50.3 Å². The van der Waals surface area contributed by atoms with Crippen LogP contribution in [0.1, 0.15) is 40.0 Å². The lowest BCUT2D eigenvalue weighted by Crippen LogP contribution is -2.08. The second-order valence-corrected chi connectivity index (χ2v) is 6.78. The number of hydrogen-bond donors (Lipinski definition) is 0. The number of ketones is 1. The summed E-state index contributed by atoms with van der Waals surface area (Å²) in [4.78, 5) is 12.0. The average Bonchev–Trinajstić information content (AvgIpc) is 2.56. The highest BCUT2D eigenvalue weighted by Crippen LogP contribution is 2.26. The first-order valence-electron chi connectivity index (χ1n) is 8.22. The third kappa shape index (κ3) is 5.90. The molecule has 0 atom stereocenters. The van der Waals surface area contributed by atoms with Crippen molar-refractivity contribution >= 4 is 5.78 Å². The minimum Gasteiger partial charge on any atom is -0.489 e. The fourth-order valence-electron chi connectivity index (χ4n) is 2.41. The van der Waals surface area contributed by atoms with Gasteiger partial charge in [-0.15, -0.1) is 0 Å². The van der Waals surface area contributed by atoms with Crippen LogP contribution in [-0.2, 0) is 4.79 Å². The minimum absolute atomic E-state index is 0.0295. The van der Waals surface area contributed by atoms with Crippen molar-refractivity contribution in [3.05, 3.63) is 65.8 Å². The van der Waals surface area contributed by atoms with Crippen LogP contribution in [0.2, 0.25) is 0 Å². The van der Waals surface area contributed by atoms with Crippen LogP contribution in [0.4, 0.5) is 0 Å². The summed E-state index contributed by atoms with van der Waals surface area (Å²) in [6, 6.07) is 9.89. The number of rotatable bonds is 3. The van der Waals surface area contributed by atoms with Crippen molar-refractivity contribution < 1.29 is 9.53 Å². The Balaban J connectivity index is 2.10. The number of benzene rings is 1. The van der Waals surface area contributed by atoms with E-state index in [0.717, 1.165) is 30.6 Å². The molecule has 0 radical (unpaired) electrons. The highest BCUT2D eigenvalue weighted by molar-refractivity contribution is 6.03. The predicted octanol–water partition coefficient (Wildman–Crippen LogP) is 5.27. The second-order valence-electron chi connectivity index (χ2n) is 6.78. The van der Waals surface area contributed by atoms with E-state index in [1.54, 1.807) is 6.08 Å². The van der Waals surface area contributed by atoms with Gasteiger partial charge >= 0.3 is 0 Å². The van der Waals surface area contributed by atoms with Crippen LogP contribution in [0, 0.1) is 5.41 Å². The maximum atomic E-state index is 12.0. The van der Waals surface area contributed by atoms with Crippen LogP contribution in [0.3, 0.4) is 0 Å². The number of carbonyl (C=O) groups excluding carboxylic acids is 1. The summed E-state index contributed by atoms with van der Waals surface area (Å²) < 4.78 is 5.89. The summed E-state index contributed by atoms with van der Waals surface area (Å²) in [6.07, 6.45) is 10.7. The Morgan fingerprint density at radius 2 is 1.87 bits per heavy atom. The normalized spacial score (nSPS) is 24.6. The van der Waals surface area contributed by atoms with Crippen LogP contribution >= 0.6 is 0 Å². The number of hydrogen-bond acceptors (Lipinski definition) is 2. The molecule has 0 amide bonds. The quantitative estimate of drug-likeness (QED) is 0.711. The van der Waals surface area contributed by atoms with Gasteiger partial charge in [-0.25, -0.2) is 0 Å². The standard InChI is InChI=1S/C21H26O2/c1-17-8-7-9-18(16-23-19-10-5-4-6-11-19)12-14-21(2,3)15-13-20(17)22/h4-6,8,10-13,15H,7,9,14,16H2,1-3H3/b15-13-,17-8-,18-12+. The predicted molar refractivity (Wildman–Crippen MR) is 95.6 cm³/mol. The van der Waals surface area contributed by atoms with Crippen molar-refractivity contribution in [2.75, 3.05) is 6.61 Å².